The van der Waals surface area contributed by atoms with Crippen LogP contribution in [0.15, 0.2) is 10.5 Å². The third-order valence-corrected chi connectivity index (χ3v) is 2.51. The molecule has 0 aliphatic heterocycles. The summed E-state index contributed by atoms with van der Waals surface area (Å²) in [5.41, 5.74) is 5.02. The molecule has 78 valence electrons. The number of aliphatic hydroxyl groups is 1. The molecule has 0 bridgehead atoms. The summed E-state index contributed by atoms with van der Waals surface area (Å²) in [6.45, 7) is -0.539. The van der Waals surface area contributed by atoms with E-state index in [-0.39, 0.29) is 10.0 Å². The van der Waals surface area contributed by atoms with E-state index in [0.717, 1.165) is 0 Å². The highest BCUT2D eigenvalue weighted by Gasteiger charge is 2.20. The molecular formula is C8H8BrF2NO2. The van der Waals surface area contributed by atoms with Crippen molar-refractivity contribution in [1.82, 2.24) is 0 Å². The summed E-state index contributed by atoms with van der Waals surface area (Å²) in [5, 5.41) is 18.0. The molecule has 0 saturated heterocycles. The Bertz CT molecular complexity index is 360. The van der Waals surface area contributed by atoms with E-state index in [1.807, 2.05) is 0 Å². The normalized spacial score (nSPS) is 12.9. The molecule has 1 aromatic carbocycles. The minimum atomic E-state index is -1.08. The minimum absolute atomic E-state index is 0.266. The average Bonchev–Trinajstić information content (AvgIpc) is 2.14. The van der Waals surface area contributed by atoms with Crippen LogP contribution in [-0.4, -0.2) is 16.8 Å². The van der Waals surface area contributed by atoms with Gasteiger partial charge in [-0.3, -0.25) is 0 Å². The molecule has 1 rings (SSSR count). The summed E-state index contributed by atoms with van der Waals surface area (Å²) in [6.07, 6.45) is 0. The lowest BCUT2D eigenvalue weighted by molar-refractivity contribution is 0.261. The number of halogens is 3. The second-order valence-electron chi connectivity index (χ2n) is 2.71. The van der Waals surface area contributed by atoms with Crippen molar-refractivity contribution in [1.29, 1.82) is 0 Å². The van der Waals surface area contributed by atoms with E-state index in [1.54, 1.807) is 0 Å². The van der Waals surface area contributed by atoms with Gasteiger partial charge in [-0.15, -0.1) is 0 Å². The quantitative estimate of drug-likeness (QED) is 0.711. The molecule has 0 radical (unpaired) electrons. The Morgan fingerprint density at radius 2 is 2.00 bits per heavy atom. The smallest absolute Gasteiger partial charge is 0.144 e. The van der Waals surface area contributed by atoms with Crippen molar-refractivity contribution >= 4 is 15.9 Å². The predicted octanol–water partition coefficient (Wildman–Crippen LogP) is 1.42. The van der Waals surface area contributed by atoms with Gasteiger partial charge in [0.2, 0.25) is 0 Å². The van der Waals surface area contributed by atoms with Crippen molar-refractivity contribution in [2.24, 2.45) is 5.73 Å². The fourth-order valence-electron chi connectivity index (χ4n) is 1.04. The van der Waals surface area contributed by atoms with E-state index in [2.05, 4.69) is 15.9 Å². The van der Waals surface area contributed by atoms with Crippen molar-refractivity contribution in [3.63, 3.8) is 0 Å². The zero-order chi connectivity index (χ0) is 10.9. The van der Waals surface area contributed by atoms with Gasteiger partial charge < -0.3 is 15.9 Å². The number of rotatable bonds is 2. The standard InChI is InChI=1S/C8H8BrF2NO2/c9-7-4(11)1-3(10)6(8(7)14)5(12)2-13/h1,5,13-14H,2,12H2. The number of nitrogens with two attached hydrogens (primary N) is 1. The summed E-state index contributed by atoms with van der Waals surface area (Å²) in [5.74, 6) is -2.53. The van der Waals surface area contributed by atoms with Crippen LogP contribution in [-0.2, 0) is 0 Å². The monoisotopic (exact) mass is 267 g/mol. The number of hydrogen-bond acceptors (Lipinski definition) is 3. The molecule has 0 aliphatic carbocycles. The number of aliphatic hydroxyl groups excluding tert-OH is 1. The van der Waals surface area contributed by atoms with Gasteiger partial charge in [0, 0.05) is 11.6 Å². The lowest BCUT2D eigenvalue weighted by Gasteiger charge is -2.13. The molecule has 14 heavy (non-hydrogen) atoms. The van der Waals surface area contributed by atoms with Gasteiger partial charge in [-0.05, 0) is 15.9 Å². The van der Waals surface area contributed by atoms with Crippen molar-refractivity contribution in [2.45, 2.75) is 6.04 Å². The predicted molar refractivity (Wildman–Crippen MR) is 49.7 cm³/mol. The van der Waals surface area contributed by atoms with Crippen LogP contribution in [0, 0.1) is 11.6 Å². The average molecular weight is 268 g/mol. The first-order chi connectivity index (χ1) is 6.49. The Labute approximate surface area is 87.3 Å². The van der Waals surface area contributed by atoms with E-state index in [4.69, 9.17) is 10.8 Å². The fourth-order valence-corrected chi connectivity index (χ4v) is 1.37. The van der Waals surface area contributed by atoms with Gasteiger partial charge in [0.1, 0.15) is 17.4 Å². The van der Waals surface area contributed by atoms with Crippen LogP contribution in [0.2, 0.25) is 0 Å². The molecule has 0 spiro atoms. The first-order valence-electron chi connectivity index (χ1n) is 3.71. The maximum absolute atomic E-state index is 13.1. The van der Waals surface area contributed by atoms with Crippen LogP contribution >= 0.6 is 15.9 Å². The molecule has 0 aliphatic rings. The van der Waals surface area contributed by atoms with Crippen molar-refractivity contribution in [3.05, 3.63) is 27.7 Å². The minimum Gasteiger partial charge on any atom is -0.506 e. The molecule has 0 saturated carbocycles. The Morgan fingerprint density at radius 1 is 1.43 bits per heavy atom. The number of phenols is 1. The number of hydrogen-bond donors (Lipinski definition) is 3. The molecule has 1 atom stereocenters. The summed E-state index contributed by atoms with van der Waals surface area (Å²) in [6, 6.07) is -0.485. The van der Waals surface area contributed by atoms with Crippen LogP contribution in [0.5, 0.6) is 5.75 Å². The van der Waals surface area contributed by atoms with Gasteiger partial charge in [-0.2, -0.15) is 0 Å². The van der Waals surface area contributed by atoms with Gasteiger partial charge in [-0.25, -0.2) is 8.78 Å². The van der Waals surface area contributed by atoms with Crippen molar-refractivity contribution < 1.29 is 19.0 Å². The summed E-state index contributed by atoms with van der Waals surface area (Å²) < 4.78 is 25.7. The molecular weight excluding hydrogens is 260 g/mol. The number of aromatic hydroxyl groups is 1. The van der Waals surface area contributed by atoms with Crippen LogP contribution in [0.4, 0.5) is 8.78 Å². The Kier molecular flexibility index (Phi) is 3.41. The van der Waals surface area contributed by atoms with E-state index in [9.17, 15) is 13.9 Å². The first-order valence-corrected chi connectivity index (χ1v) is 4.51. The third kappa shape index (κ3) is 1.87. The lowest BCUT2D eigenvalue weighted by Crippen LogP contribution is -2.16. The number of phenolic OH excluding ortho intramolecular Hbond substituents is 1. The molecule has 0 amide bonds. The fraction of sp³-hybridized carbons (Fsp3) is 0.250. The van der Waals surface area contributed by atoms with E-state index < -0.39 is 30.0 Å². The van der Waals surface area contributed by atoms with E-state index in [1.165, 1.54) is 0 Å². The van der Waals surface area contributed by atoms with Crippen LogP contribution < -0.4 is 5.73 Å². The second-order valence-corrected chi connectivity index (χ2v) is 3.50. The molecule has 4 N–H and O–H groups in total. The maximum atomic E-state index is 13.1. The molecule has 1 unspecified atom stereocenters. The highest BCUT2D eigenvalue weighted by Crippen LogP contribution is 2.35. The first kappa shape index (κ1) is 11.4. The molecule has 0 aromatic heterocycles. The van der Waals surface area contributed by atoms with Gasteiger partial charge in [0.05, 0.1) is 17.1 Å². The molecule has 0 fully saturated rings. The zero-order valence-corrected chi connectivity index (χ0v) is 8.55. The van der Waals surface area contributed by atoms with Gasteiger partial charge in [0.15, 0.2) is 0 Å². The lowest BCUT2D eigenvalue weighted by atomic mass is 10.1. The van der Waals surface area contributed by atoms with Gasteiger partial charge in [-0.1, -0.05) is 0 Å². The van der Waals surface area contributed by atoms with Crippen LogP contribution in [0.25, 0.3) is 0 Å². The summed E-state index contributed by atoms with van der Waals surface area (Å²) in [4.78, 5) is 0. The largest absolute Gasteiger partial charge is 0.506 e. The Hall–Kier alpha value is -0.720. The van der Waals surface area contributed by atoms with Crippen LogP contribution in [0.3, 0.4) is 0 Å². The molecule has 0 heterocycles. The van der Waals surface area contributed by atoms with E-state index in [0.29, 0.717) is 6.07 Å². The van der Waals surface area contributed by atoms with Crippen LogP contribution in [0.1, 0.15) is 11.6 Å². The highest BCUT2D eigenvalue weighted by molar-refractivity contribution is 9.10. The molecule has 3 nitrogen and oxygen atoms in total. The molecule has 6 heteroatoms. The number of benzene rings is 1. The van der Waals surface area contributed by atoms with Crippen molar-refractivity contribution in [3.8, 4) is 5.75 Å². The van der Waals surface area contributed by atoms with Gasteiger partial charge >= 0.3 is 0 Å². The topological polar surface area (TPSA) is 66.5 Å². The van der Waals surface area contributed by atoms with E-state index >= 15 is 0 Å². The SMILES string of the molecule is NC(CO)c1c(F)cc(F)c(Br)c1O. The van der Waals surface area contributed by atoms with Gasteiger partial charge in [0.25, 0.3) is 0 Å². The third-order valence-electron chi connectivity index (χ3n) is 1.75. The maximum Gasteiger partial charge on any atom is 0.144 e. The Balaban J connectivity index is 3.36. The summed E-state index contributed by atoms with van der Waals surface area (Å²) in [7, 11) is 0. The highest BCUT2D eigenvalue weighted by atomic mass is 79.9. The zero-order valence-electron chi connectivity index (χ0n) is 6.97. The van der Waals surface area contributed by atoms with Crippen molar-refractivity contribution in [2.75, 3.05) is 6.61 Å². The Morgan fingerprint density at radius 3 is 2.50 bits per heavy atom. The molecule has 1 aromatic rings. The summed E-state index contributed by atoms with van der Waals surface area (Å²) >= 11 is 2.73. The second kappa shape index (κ2) is 4.20.